The highest BCUT2D eigenvalue weighted by Gasteiger charge is 2.43. The number of hydrogen-bond acceptors (Lipinski definition) is 6. The van der Waals surface area contributed by atoms with Crippen molar-refractivity contribution in [3.63, 3.8) is 0 Å². The van der Waals surface area contributed by atoms with Crippen molar-refractivity contribution in [3.8, 4) is 17.2 Å². The number of aryl methyl sites for hydroxylation is 1. The summed E-state index contributed by atoms with van der Waals surface area (Å²) in [6, 6.07) is 27.7. The molecule has 1 aromatic heterocycles. The highest BCUT2D eigenvalue weighted by Crippen LogP contribution is 2.42. The Kier molecular flexibility index (Phi) is 7.40. The zero-order valence-corrected chi connectivity index (χ0v) is 23.8. The fourth-order valence-electron chi connectivity index (χ4n) is 5.39. The first-order valence-electron chi connectivity index (χ1n) is 13.9. The van der Waals surface area contributed by atoms with Gasteiger partial charge < -0.3 is 23.5 Å². The van der Waals surface area contributed by atoms with Gasteiger partial charge in [0, 0.05) is 6.54 Å². The minimum atomic E-state index is -0.682. The molecule has 212 valence electrons. The number of carbonyl (C=O) groups is 1. The zero-order chi connectivity index (χ0) is 29.2. The molecule has 5 aromatic rings. The van der Waals surface area contributed by atoms with Crippen LogP contribution in [0.15, 0.2) is 100 Å². The van der Waals surface area contributed by atoms with Gasteiger partial charge in [0.1, 0.15) is 17.9 Å². The number of hydrogen-bond donors (Lipinski definition) is 0. The van der Waals surface area contributed by atoms with E-state index in [0.717, 1.165) is 28.0 Å². The monoisotopic (exact) mass is 561 g/mol. The molecule has 7 heteroatoms. The maximum absolute atomic E-state index is 14.0. The summed E-state index contributed by atoms with van der Waals surface area (Å²) in [5.74, 6) is 1.57. The number of fused-ring (bicyclic) bond motifs is 2. The molecule has 42 heavy (non-hydrogen) atoms. The molecule has 0 N–H and O–H groups in total. The Bertz CT molecular complexity index is 1810. The van der Waals surface area contributed by atoms with Crippen LogP contribution >= 0.6 is 0 Å². The normalized spacial score (nSPS) is 14.2. The molecule has 0 saturated heterocycles. The second-order valence-electron chi connectivity index (χ2n) is 10.3. The summed E-state index contributed by atoms with van der Waals surface area (Å²) < 4.78 is 23.6. The van der Waals surface area contributed by atoms with E-state index in [-0.39, 0.29) is 23.6 Å². The lowest BCUT2D eigenvalue weighted by Gasteiger charge is -2.26. The minimum absolute atomic E-state index is 0.0669. The molecule has 1 aliphatic heterocycles. The molecule has 2 heterocycles. The molecule has 1 atom stereocenters. The maximum atomic E-state index is 14.0. The highest BCUT2D eigenvalue weighted by molar-refractivity contribution is 5.99. The van der Waals surface area contributed by atoms with E-state index in [9.17, 15) is 9.59 Å². The molecule has 0 spiro atoms. The van der Waals surface area contributed by atoms with Crippen LogP contribution in [0.4, 0.5) is 0 Å². The molecular weight excluding hydrogens is 530 g/mol. The molecule has 1 unspecified atom stereocenters. The van der Waals surface area contributed by atoms with E-state index in [2.05, 4.69) is 0 Å². The molecule has 1 amide bonds. The Morgan fingerprint density at radius 3 is 2.36 bits per heavy atom. The van der Waals surface area contributed by atoms with E-state index in [1.807, 2.05) is 92.7 Å². The standard InChI is InChI=1S/C35H31NO6/c1-4-40-30-19-25(13-17-29(30)41-21-24-8-6-5-7-9-24)32-31-33(37)27-18-22(2)10-16-28(27)42-34(31)35(38)36(32)20-23-11-14-26(39-3)15-12-23/h5-19,32H,4,20-21H2,1-3H3. The number of nitrogens with zero attached hydrogens (tertiary/aromatic N) is 1. The Hall–Kier alpha value is -5.04. The molecule has 0 aliphatic carbocycles. The van der Waals surface area contributed by atoms with Crippen molar-refractivity contribution in [1.29, 1.82) is 0 Å². The van der Waals surface area contributed by atoms with Crippen LogP contribution in [0, 0.1) is 6.92 Å². The third kappa shape index (κ3) is 5.09. The Balaban J connectivity index is 1.45. The summed E-state index contributed by atoms with van der Waals surface area (Å²) in [4.78, 5) is 29.6. The Morgan fingerprint density at radius 2 is 1.62 bits per heavy atom. The first kappa shape index (κ1) is 27.1. The van der Waals surface area contributed by atoms with Crippen LogP contribution in [-0.4, -0.2) is 24.5 Å². The molecule has 0 bridgehead atoms. The van der Waals surface area contributed by atoms with Gasteiger partial charge in [-0.05, 0) is 66.9 Å². The summed E-state index contributed by atoms with van der Waals surface area (Å²) in [5.41, 5.74) is 4.09. The van der Waals surface area contributed by atoms with Crippen LogP contribution in [0.1, 0.15) is 51.3 Å². The van der Waals surface area contributed by atoms with Crippen LogP contribution in [-0.2, 0) is 13.2 Å². The van der Waals surface area contributed by atoms with Crippen LogP contribution in [0.3, 0.4) is 0 Å². The number of rotatable bonds is 9. The van der Waals surface area contributed by atoms with Crippen molar-refractivity contribution in [1.82, 2.24) is 4.90 Å². The molecule has 0 radical (unpaired) electrons. The first-order valence-corrected chi connectivity index (χ1v) is 13.9. The molecule has 4 aromatic carbocycles. The summed E-state index contributed by atoms with van der Waals surface area (Å²) >= 11 is 0. The number of carbonyl (C=O) groups excluding carboxylic acids is 1. The largest absolute Gasteiger partial charge is 0.497 e. The van der Waals surface area contributed by atoms with Crippen molar-refractivity contribution in [2.45, 2.75) is 33.0 Å². The summed E-state index contributed by atoms with van der Waals surface area (Å²) in [7, 11) is 1.61. The topological polar surface area (TPSA) is 78.2 Å². The molecule has 6 rings (SSSR count). The fourth-order valence-corrected chi connectivity index (χ4v) is 5.39. The summed E-state index contributed by atoms with van der Waals surface area (Å²) in [5, 5.41) is 0.450. The second-order valence-corrected chi connectivity index (χ2v) is 10.3. The molecular formula is C35H31NO6. The fraction of sp³-hybridized carbons (Fsp3) is 0.200. The van der Waals surface area contributed by atoms with E-state index < -0.39 is 6.04 Å². The van der Waals surface area contributed by atoms with Crippen molar-refractivity contribution < 1.29 is 23.4 Å². The Labute approximate surface area is 243 Å². The average Bonchev–Trinajstić information content (AvgIpc) is 3.29. The van der Waals surface area contributed by atoms with Crippen molar-refractivity contribution in [3.05, 3.63) is 135 Å². The van der Waals surface area contributed by atoms with Crippen molar-refractivity contribution >= 4 is 16.9 Å². The third-order valence-corrected chi connectivity index (χ3v) is 7.45. The lowest BCUT2D eigenvalue weighted by atomic mass is 9.97. The van der Waals surface area contributed by atoms with Gasteiger partial charge >= 0.3 is 0 Å². The predicted octanol–water partition coefficient (Wildman–Crippen LogP) is 6.83. The van der Waals surface area contributed by atoms with Crippen LogP contribution in [0.2, 0.25) is 0 Å². The van der Waals surface area contributed by atoms with Gasteiger partial charge in [0.25, 0.3) is 5.91 Å². The van der Waals surface area contributed by atoms with Gasteiger partial charge in [0.2, 0.25) is 5.76 Å². The number of methoxy groups -OCH3 is 1. The highest BCUT2D eigenvalue weighted by atomic mass is 16.5. The Morgan fingerprint density at radius 1 is 0.833 bits per heavy atom. The number of amides is 1. The van der Waals surface area contributed by atoms with E-state index in [4.69, 9.17) is 18.6 Å². The van der Waals surface area contributed by atoms with Crippen LogP contribution in [0.25, 0.3) is 11.0 Å². The van der Waals surface area contributed by atoms with E-state index in [0.29, 0.717) is 41.2 Å². The van der Waals surface area contributed by atoms with Crippen LogP contribution in [0.5, 0.6) is 17.2 Å². The third-order valence-electron chi connectivity index (χ3n) is 7.45. The molecule has 0 fully saturated rings. The molecule has 7 nitrogen and oxygen atoms in total. The van der Waals surface area contributed by atoms with E-state index in [1.165, 1.54) is 0 Å². The van der Waals surface area contributed by atoms with Gasteiger partial charge in [-0.2, -0.15) is 0 Å². The van der Waals surface area contributed by atoms with Gasteiger partial charge in [-0.1, -0.05) is 60.2 Å². The quantitative estimate of drug-likeness (QED) is 0.196. The van der Waals surface area contributed by atoms with Crippen molar-refractivity contribution in [2.24, 2.45) is 0 Å². The SMILES string of the molecule is CCOc1cc(C2c3c(oc4ccc(C)cc4c3=O)C(=O)N2Cc2ccc(OC)cc2)ccc1OCc1ccccc1. The molecule has 1 aliphatic rings. The molecule has 0 saturated carbocycles. The summed E-state index contributed by atoms with van der Waals surface area (Å²) in [6.07, 6.45) is 0. The van der Waals surface area contributed by atoms with Gasteiger partial charge in [-0.15, -0.1) is 0 Å². The lowest BCUT2D eigenvalue weighted by molar-refractivity contribution is 0.0714. The lowest BCUT2D eigenvalue weighted by Crippen LogP contribution is -2.29. The number of ether oxygens (including phenoxy) is 3. The second kappa shape index (κ2) is 11.4. The maximum Gasteiger partial charge on any atom is 0.291 e. The zero-order valence-electron chi connectivity index (χ0n) is 23.8. The van der Waals surface area contributed by atoms with Crippen LogP contribution < -0.4 is 19.6 Å². The van der Waals surface area contributed by atoms with E-state index in [1.54, 1.807) is 24.1 Å². The minimum Gasteiger partial charge on any atom is -0.497 e. The number of benzene rings is 4. The first-order chi connectivity index (χ1) is 20.5. The van der Waals surface area contributed by atoms with Gasteiger partial charge in [0.15, 0.2) is 16.9 Å². The van der Waals surface area contributed by atoms with Crippen molar-refractivity contribution in [2.75, 3.05) is 13.7 Å². The van der Waals surface area contributed by atoms with Gasteiger partial charge in [0.05, 0.1) is 30.7 Å². The van der Waals surface area contributed by atoms with Gasteiger partial charge in [-0.3, -0.25) is 9.59 Å². The van der Waals surface area contributed by atoms with E-state index >= 15 is 0 Å². The average molecular weight is 562 g/mol. The van der Waals surface area contributed by atoms with Gasteiger partial charge in [-0.25, -0.2) is 0 Å². The smallest absolute Gasteiger partial charge is 0.291 e. The predicted molar refractivity (Wildman–Crippen MR) is 160 cm³/mol. The summed E-state index contributed by atoms with van der Waals surface area (Å²) in [6.45, 7) is 4.90.